The number of hydrogen-bond acceptors (Lipinski definition) is 3. The summed E-state index contributed by atoms with van der Waals surface area (Å²) in [4.78, 5) is 15.3. The van der Waals surface area contributed by atoms with E-state index in [9.17, 15) is 0 Å². The first-order chi connectivity index (χ1) is 23.1. The van der Waals surface area contributed by atoms with Gasteiger partial charge in [-0.05, 0) is 59.1 Å². The van der Waals surface area contributed by atoms with Crippen LogP contribution in [-0.2, 0) is 0 Å². The molecule has 8 rings (SSSR count). The zero-order valence-corrected chi connectivity index (χ0v) is 28.8. The maximum atomic E-state index is 5.17. The lowest BCUT2D eigenvalue weighted by atomic mass is 9.42. The van der Waals surface area contributed by atoms with Gasteiger partial charge in [-0.1, -0.05) is 149 Å². The molecule has 0 atom stereocenters. The first kappa shape index (κ1) is 30.3. The van der Waals surface area contributed by atoms with Crippen LogP contribution >= 0.6 is 0 Å². The van der Waals surface area contributed by atoms with Crippen molar-refractivity contribution in [2.45, 2.75) is 54.2 Å². The Balaban J connectivity index is 1.42. The third-order valence-corrected chi connectivity index (χ3v) is 11.4. The summed E-state index contributed by atoms with van der Waals surface area (Å²) in [5.41, 5.74) is 11.2. The molecule has 0 unspecified atom stereocenters. The lowest BCUT2D eigenvalue weighted by molar-refractivity contribution is 0.177. The lowest BCUT2D eigenvalue weighted by Gasteiger charge is -2.35. The predicted molar refractivity (Wildman–Crippen MR) is 203 cm³/mol. The van der Waals surface area contributed by atoms with E-state index in [-0.39, 0.29) is 10.8 Å². The van der Waals surface area contributed by atoms with Crippen molar-refractivity contribution >= 4 is 34.0 Å². The molecular formula is C43H41BN4. The van der Waals surface area contributed by atoms with Gasteiger partial charge >= 0.3 is 0 Å². The van der Waals surface area contributed by atoms with E-state index in [2.05, 4.69) is 125 Å². The number of aromatic nitrogens is 4. The van der Waals surface area contributed by atoms with Crippen LogP contribution in [0.25, 0.3) is 61.7 Å². The zero-order chi connectivity index (χ0) is 33.2. The number of hydrogen-bond donors (Lipinski definition) is 0. The van der Waals surface area contributed by atoms with Crippen molar-refractivity contribution in [3.05, 3.63) is 126 Å². The molecule has 2 aromatic heterocycles. The molecule has 236 valence electrons. The van der Waals surface area contributed by atoms with Crippen LogP contribution in [0.5, 0.6) is 0 Å². The van der Waals surface area contributed by atoms with Crippen molar-refractivity contribution < 1.29 is 0 Å². The summed E-state index contributed by atoms with van der Waals surface area (Å²) in [6.07, 6.45) is 2.37. The first-order valence-corrected chi connectivity index (χ1v) is 17.1. The summed E-state index contributed by atoms with van der Waals surface area (Å²) >= 11 is 0. The second-order valence-corrected chi connectivity index (χ2v) is 14.9. The topological polar surface area (TPSA) is 43.6 Å². The molecule has 0 amide bonds. The molecular weight excluding hydrogens is 583 g/mol. The molecule has 4 nitrogen and oxygen atoms in total. The highest BCUT2D eigenvalue weighted by Crippen LogP contribution is 2.52. The fourth-order valence-corrected chi connectivity index (χ4v) is 7.93. The molecule has 0 bridgehead atoms. The molecule has 5 heteroatoms. The highest BCUT2D eigenvalue weighted by atomic mass is 15.2. The van der Waals surface area contributed by atoms with E-state index >= 15 is 0 Å². The third kappa shape index (κ3) is 4.95. The van der Waals surface area contributed by atoms with Crippen molar-refractivity contribution in [2.24, 2.45) is 10.8 Å². The molecule has 1 saturated heterocycles. The number of aryl methyl sites for hydroxylation is 2. The van der Waals surface area contributed by atoms with Crippen LogP contribution in [0.3, 0.4) is 0 Å². The SMILES string of the molecule is Cc1ccccc1-c1ccc2c(c1C)c1cc(B3CC(C)(C)C(C)(C)C3)ccc1n2-c1nc(-c2ccccc2)nc(-c2ccccc2)n1. The van der Waals surface area contributed by atoms with Crippen molar-refractivity contribution in [3.8, 4) is 39.9 Å². The maximum absolute atomic E-state index is 5.17. The van der Waals surface area contributed by atoms with Crippen LogP contribution < -0.4 is 5.46 Å². The Morgan fingerprint density at radius 3 is 1.75 bits per heavy atom. The van der Waals surface area contributed by atoms with Crippen LogP contribution in [0.4, 0.5) is 0 Å². The van der Waals surface area contributed by atoms with Crippen molar-refractivity contribution in [3.63, 3.8) is 0 Å². The smallest absolute Gasteiger partial charge is 0.238 e. The molecule has 3 heterocycles. The Kier molecular flexibility index (Phi) is 7.14. The monoisotopic (exact) mass is 624 g/mol. The van der Waals surface area contributed by atoms with Gasteiger partial charge in [0.1, 0.15) is 0 Å². The molecule has 0 aliphatic carbocycles. The van der Waals surface area contributed by atoms with E-state index in [1.54, 1.807) is 0 Å². The van der Waals surface area contributed by atoms with E-state index in [4.69, 9.17) is 15.0 Å². The minimum Gasteiger partial charge on any atom is -0.278 e. The lowest BCUT2D eigenvalue weighted by Crippen LogP contribution is -2.27. The Morgan fingerprint density at radius 2 is 1.15 bits per heavy atom. The van der Waals surface area contributed by atoms with Gasteiger partial charge in [0.05, 0.1) is 11.0 Å². The Bertz CT molecular complexity index is 2250. The van der Waals surface area contributed by atoms with Crippen LogP contribution in [0.2, 0.25) is 12.6 Å². The van der Waals surface area contributed by atoms with Crippen LogP contribution in [-0.4, -0.2) is 26.2 Å². The molecule has 48 heavy (non-hydrogen) atoms. The standard InChI is InChI=1S/C43H41BN4/c1-28-15-13-14-20-33(28)34-22-24-37-38(29(34)2)35-25-32(44-26-42(3,4)43(5,6)27-44)21-23-36(35)48(37)41-46-39(30-16-9-7-10-17-30)45-40(47-41)31-18-11-8-12-19-31/h7-25H,26-27H2,1-6H3. The molecule has 1 fully saturated rings. The van der Waals surface area contributed by atoms with Crippen molar-refractivity contribution in [1.82, 2.24) is 19.5 Å². The van der Waals surface area contributed by atoms with Crippen molar-refractivity contribution in [1.29, 1.82) is 0 Å². The highest BCUT2D eigenvalue weighted by Gasteiger charge is 2.48. The summed E-state index contributed by atoms with van der Waals surface area (Å²) in [7, 11) is 0. The average molecular weight is 625 g/mol. The minimum atomic E-state index is 0.279. The molecule has 1 aliphatic heterocycles. The summed E-state index contributed by atoms with van der Waals surface area (Å²) < 4.78 is 2.26. The Labute approximate surface area is 284 Å². The van der Waals surface area contributed by atoms with E-state index in [1.165, 1.54) is 51.1 Å². The van der Waals surface area contributed by atoms with Crippen LogP contribution in [0, 0.1) is 24.7 Å². The highest BCUT2D eigenvalue weighted by molar-refractivity contribution is 6.74. The Hall–Kier alpha value is -5.03. The van der Waals surface area contributed by atoms with Gasteiger partial charge in [0.15, 0.2) is 18.4 Å². The van der Waals surface area contributed by atoms with E-state index in [1.807, 2.05) is 36.4 Å². The number of rotatable bonds is 5. The molecule has 0 spiro atoms. The van der Waals surface area contributed by atoms with E-state index in [0.717, 1.165) is 22.2 Å². The minimum absolute atomic E-state index is 0.279. The maximum Gasteiger partial charge on any atom is 0.238 e. The van der Waals surface area contributed by atoms with Gasteiger partial charge < -0.3 is 0 Å². The van der Waals surface area contributed by atoms with Gasteiger partial charge in [0.2, 0.25) is 5.95 Å². The number of fused-ring (bicyclic) bond motifs is 3. The molecule has 0 radical (unpaired) electrons. The second kappa shape index (κ2) is 11.3. The number of benzene rings is 5. The second-order valence-electron chi connectivity index (χ2n) is 14.9. The molecule has 7 aromatic rings. The van der Waals surface area contributed by atoms with E-state index in [0.29, 0.717) is 24.3 Å². The van der Waals surface area contributed by atoms with Gasteiger partial charge in [0, 0.05) is 21.9 Å². The summed E-state index contributed by atoms with van der Waals surface area (Å²) in [5, 5.41) is 2.51. The number of nitrogens with zero attached hydrogens (tertiary/aromatic N) is 4. The molecule has 0 N–H and O–H groups in total. The van der Waals surface area contributed by atoms with Gasteiger partial charge in [-0.2, -0.15) is 9.97 Å². The normalized spacial score (nSPS) is 15.4. The molecule has 0 saturated carbocycles. The summed E-state index contributed by atoms with van der Waals surface area (Å²) in [6, 6.07) is 40.8. The van der Waals surface area contributed by atoms with E-state index < -0.39 is 0 Å². The van der Waals surface area contributed by atoms with Gasteiger partial charge in [-0.25, -0.2) is 4.98 Å². The summed E-state index contributed by atoms with van der Waals surface area (Å²) in [5.74, 6) is 1.95. The first-order valence-electron chi connectivity index (χ1n) is 17.1. The van der Waals surface area contributed by atoms with Gasteiger partial charge in [-0.15, -0.1) is 0 Å². The quantitative estimate of drug-likeness (QED) is 0.179. The van der Waals surface area contributed by atoms with Crippen molar-refractivity contribution in [2.75, 3.05) is 0 Å². The fraction of sp³-hybridized carbons (Fsp3) is 0.233. The average Bonchev–Trinajstić information content (AvgIpc) is 3.54. The predicted octanol–water partition coefficient (Wildman–Crippen LogP) is 10.4. The zero-order valence-electron chi connectivity index (χ0n) is 28.8. The fourth-order valence-electron chi connectivity index (χ4n) is 7.93. The van der Waals surface area contributed by atoms with Gasteiger partial charge in [0.25, 0.3) is 0 Å². The molecule has 1 aliphatic rings. The Morgan fingerprint density at radius 1 is 0.583 bits per heavy atom. The molecule has 5 aromatic carbocycles. The van der Waals surface area contributed by atoms with Crippen LogP contribution in [0.15, 0.2) is 115 Å². The summed E-state index contributed by atoms with van der Waals surface area (Å²) in [6.45, 7) is 14.7. The largest absolute Gasteiger partial charge is 0.278 e. The van der Waals surface area contributed by atoms with Crippen LogP contribution in [0.1, 0.15) is 38.8 Å². The van der Waals surface area contributed by atoms with Gasteiger partial charge in [-0.3, -0.25) is 4.57 Å². The third-order valence-electron chi connectivity index (χ3n) is 11.4.